The van der Waals surface area contributed by atoms with E-state index in [4.69, 9.17) is 0 Å². The predicted molar refractivity (Wildman–Crippen MR) is 68.1 cm³/mol. The molecule has 94 valence electrons. The van der Waals surface area contributed by atoms with Crippen LogP contribution in [0.2, 0.25) is 0 Å². The van der Waals surface area contributed by atoms with E-state index in [1.165, 1.54) is 12.8 Å². The highest BCUT2D eigenvalue weighted by atomic mass is 16.1. The minimum absolute atomic E-state index is 0.0157. The van der Waals surface area contributed by atoms with Gasteiger partial charge in [0.05, 0.1) is 5.56 Å². The van der Waals surface area contributed by atoms with E-state index in [9.17, 15) is 4.79 Å². The maximum Gasteiger partial charge on any atom is 0.255 e. The van der Waals surface area contributed by atoms with Gasteiger partial charge in [-0.2, -0.15) is 0 Å². The van der Waals surface area contributed by atoms with Gasteiger partial charge in [-0.05, 0) is 46.5 Å². The van der Waals surface area contributed by atoms with Gasteiger partial charge in [0.1, 0.15) is 5.82 Å². The number of H-pyrrole nitrogens is 1. The van der Waals surface area contributed by atoms with Crippen LogP contribution in [0.3, 0.4) is 0 Å². The van der Waals surface area contributed by atoms with Crippen LogP contribution in [0, 0.1) is 19.8 Å². The van der Waals surface area contributed by atoms with Crippen molar-refractivity contribution in [3.05, 3.63) is 27.4 Å². The summed E-state index contributed by atoms with van der Waals surface area (Å²) in [7, 11) is 0. The number of hydrogen-bond donors (Lipinski definition) is 2. The molecule has 0 bridgehead atoms. The summed E-state index contributed by atoms with van der Waals surface area (Å²) in [4.78, 5) is 19.0. The third kappa shape index (κ3) is 2.75. The van der Waals surface area contributed by atoms with E-state index < -0.39 is 0 Å². The van der Waals surface area contributed by atoms with Crippen molar-refractivity contribution in [2.45, 2.75) is 52.6 Å². The Bertz CT molecular complexity index is 462. The van der Waals surface area contributed by atoms with E-state index in [0.717, 1.165) is 17.2 Å². The van der Waals surface area contributed by atoms with Crippen molar-refractivity contribution in [1.82, 2.24) is 15.3 Å². The van der Waals surface area contributed by atoms with Crippen molar-refractivity contribution in [2.75, 3.05) is 0 Å². The van der Waals surface area contributed by atoms with Crippen LogP contribution in [0.25, 0.3) is 0 Å². The zero-order valence-electron chi connectivity index (χ0n) is 11.0. The molecular weight excluding hydrogens is 214 g/mol. The normalized spacial score (nSPS) is 19.1. The first-order chi connectivity index (χ1) is 7.99. The molecule has 4 heteroatoms. The number of rotatable bonds is 4. The number of nitrogens with one attached hydrogen (secondary N) is 2. The maximum atomic E-state index is 11.9. The van der Waals surface area contributed by atoms with Crippen LogP contribution >= 0.6 is 0 Å². The van der Waals surface area contributed by atoms with Crippen LogP contribution in [0.1, 0.15) is 49.8 Å². The van der Waals surface area contributed by atoms with Crippen LogP contribution in [-0.2, 0) is 0 Å². The molecule has 1 aromatic rings. The van der Waals surface area contributed by atoms with Gasteiger partial charge >= 0.3 is 0 Å². The summed E-state index contributed by atoms with van der Waals surface area (Å²) >= 11 is 0. The van der Waals surface area contributed by atoms with Gasteiger partial charge in [-0.3, -0.25) is 4.79 Å². The first-order valence-corrected chi connectivity index (χ1v) is 6.32. The van der Waals surface area contributed by atoms with Crippen molar-refractivity contribution in [3.63, 3.8) is 0 Å². The minimum Gasteiger partial charge on any atom is -0.310 e. The lowest BCUT2D eigenvalue weighted by Gasteiger charge is -2.20. The molecule has 0 spiro atoms. The van der Waals surface area contributed by atoms with Gasteiger partial charge in [-0.25, -0.2) is 4.98 Å². The van der Waals surface area contributed by atoms with E-state index >= 15 is 0 Å². The topological polar surface area (TPSA) is 57.8 Å². The Balaban J connectivity index is 2.18. The molecule has 2 N–H and O–H groups in total. The molecular formula is C13H21N3O. The van der Waals surface area contributed by atoms with Gasteiger partial charge < -0.3 is 10.3 Å². The second kappa shape index (κ2) is 4.61. The quantitative estimate of drug-likeness (QED) is 0.837. The summed E-state index contributed by atoms with van der Waals surface area (Å²) in [5, 5.41) is 3.50. The molecule has 2 rings (SSSR count). The Kier molecular flexibility index (Phi) is 3.33. The number of aromatic nitrogens is 2. The zero-order valence-corrected chi connectivity index (χ0v) is 11.0. The van der Waals surface area contributed by atoms with E-state index in [0.29, 0.717) is 11.9 Å². The van der Waals surface area contributed by atoms with Crippen LogP contribution in [-0.4, -0.2) is 16.0 Å². The number of aryl methyl sites for hydroxylation is 2. The average molecular weight is 235 g/mol. The first kappa shape index (κ1) is 12.3. The number of hydrogen-bond acceptors (Lipinski definition) is 3. The second-order valence-corrected chi connectivity index (χ2v) is 5.16. The van der Waals surface area contributed by atoms with E-state index in [2.05, 4.69) is 22.2 Å². The number of aromatic amines is 1. The maximum absolute atomic E-state index is 11.9. The molecule has 1 aromatic heterocycles. The summed E-state index contributed by atoms with van der Waals surface area (Å²) in [6.07, 6.45) is 2.62. The fourth-order valence-corrected chi connectivity index (χ4v) is 2.46. The summed E-state index contributed by atoms with van der Waals surface area (Å²) in [6, 6.07) is 0.535. The van der Waals surface area contributed by atoms with E-state index in [1.807, 2.05) is 20.8 Å². The molecule has 2 atom stereocenters. The summed E-state index contributed by atoms with van der Waals surface area (Å²) in [5.41, 5.74) is 1.58. The minimum atomic E-state index is -0.0157. The Morgan fingerprint density at radius 1 is 1.35 bits per heavy atom. The second-order valence-electron chi connectivity index (χ2n) is 5.16. The Morgan fingerprint density at radius 2 is 2.00 bits per heavy atom. The monoisotopic (exact) mass is 235 g/mol. The smallest absolute Gasteiger partial charge is 0.255 e. The summed E-state index contributed by atoms with van der Waals surface area (Å²) < 4.78 is 0. The zero-order chi connectivity index (χ0) is 12.6. The lowest BCUT2D eigenvalue weighted by Crippen LogP contribution is -2.34. The van der Waals surface area contributed by atoms with Crippen molar-refractivity contribution < 1.29 is 0 Å². The van der Waals surface area contributed by atoms with Crippen molar-refractivity contribution >= 4 is 0 Å². The molecule has 1 heterocycles. The SMILES string of the molecule is Cc1nc(C)c(C(C)NC(C)C2CC2)c(=O)[nH]1. The molecule has 0 amide bonds. The summed E-state index contributed by atoms with van der Waals surface area (Å²) in [6.45, 7) is 7.94. The lowest BCUT2D eigenvalue weighted by molar-refractivity contribution is 0.437. The van der Waals surface area contributed by atoms with Crippen molar-refractivity contribution in [2.24, 2.45) is 5.92 Å². The average Bonchev–Trinajstić information content (AvgIpc) is 2.97. The van der Waals surface area contributed by atoms with E-state index in [1.54, 1.807) is 0 Å². The summed E-state index contributed by atoms with van der Waals surface area (Å²) in [5.74, 6) is 1.47. The van der Waals surface area contributed by atoms with E-state index in [-0.39, 0.29) is 11.6 Å². The Hall–Kier alpha value is -1.16. The fraction of sp³-hybridized carbons (Fsp3) is 0.692. The molecule has 1 fully saturated rings. The van der Waals surface area contributed by atoms with Gasteiger partial charge in [0, 0.05) is 17.8 Å². The van der Waals surface area contributed by atoms with Crippen LogP contribution in [0.15, 0.2) is 4.79 Å². The Labute approximate surface area is 102 Å². The third-order valence-corrected chi connectivity index (χ3v) is 3.54. The third-order valence-electron chi connectivity index (χ3n) is 3.54. The van der Waals surface area contributed by atoms with Crippen LogP contribution < -0.4 is 10.9 Å². The molecule has 0 radical (unpaired) electrons. The molecule has 17 heavy (non-hydrogen) atoms. The largest absolute Gasteiger partial charge is 0.310 e. The molecule has 0 saturated heterocycles. The standard InChI is InChI=1S/C13H21N3O/c1-7(11-5-6-11)14-8(2)12-9(3)15-10(4)16-13(12)17/h7-8,11,14H,5-6H2,1-4H3,(H,15,16,17). The molecule has 1 saturated carbocycles. The molecule has 1 aliphatic carbocycles. The fourth-order valence-electron chi connectivity index (χ4n) is 2.46. The molecule has 2 unspecified atom stereocenters. The van der Waals surface area contributed by atoms with Crippen molar-refractivity contribution in [1.29, 1.82) is 0 Å². The van der Waals surface area contributed by atoms with Gasteiger partial charge in [0.25, 0.3) is 5.56 Å². The van der Waals surface area contributed by atoms with Gasteiger partial charge in [-0.15, -0.1) is 0 Å². The van der Waals surface area contributed by atoms with Crippen molar-refractivity contribution in [3.8, 4) is 0 Å². The first-order valence-electron chi connectivity index (χ1n) is 6.32. The Morgan fingerprint density at radius 3 is 2.53 bits per heavy atom. The highest BCUT2D eigenvalue weighted by Gasteiger charge is 2.29. The van der Waals surface area contributed by atoms with Crippen LogP contribution in [0.4, 0.5) is 0 Å². The molecule has 4 nitrogen and oxygen atoms in total. The lowest BCUT2D eigenvalue weighted by atomic mass is 10.1. The van der Waals surface area contributed by atoms with Gasteiger partial charge in [0.15, 0.2) is 0 Å². The predicted octanol–water partition coefficient (Wildman–Crippen LogP) is 1.84. The molecule has 0 aliphatic heterocycles. The number of nitrogens with zero attached hydrogens (tertiary/aromatic N) is 1. The van der Waals surface area contributed by atoms with Gasteiger partial charge in [0.2, 0.25) is 0 Å². The van der Waals surface area contributed by atoms with Crippen LogP contribution in [0.5, 0.6) is 0 Å². The molecule has 1 aliphatic rings. The van der Waals surface area contributed by atoms with Gasteiger partial charge in [-0.1, -0.05) is 0 Å². The molecule has 0 aromatic carbocycles. The highest BCUT2D eigenvalue weighted by Crippen LogP contribution is 2.33. The highest BCUT2D eigenvalue weighted by molar-refractivity contribution is 5.20.